The van der Waals surface area contributed by atoms with Crippen molar-refractivity contribution in [3.63, 3.8) is 0 Å². The first-order valence-corrected chi connectivity index (χ1v) is 8.41. The predicted molar refractivity (Wildman–Crippen MR) is 84.3 cm³/mol. The lowest BCUT2D eigenvalue weighted by Gasteiger charge is -2.35. The minimum absolute atomic E-state index is 0.164. The first-order valence-electron chi connectivity index (χ1n) is 7.60. The second-order valence-corrected chi connectivity index (χ2v) is 6.81. The molecule has 0 aromatic carbocycles. The topological polar surface area (TPSA) is 54.0 Å². The van der Waals surface area contributed by atoms with Crippen LogP contribution in [0, 0.1) is 12.3 Å². The Morgan fingerprint density at radius 2 is 2.10 bits per heavy atom. The number of hydrogen-bond acceptors (Lipinski definition) is 4. The number of hydrogen-bond donors (Lipinski definition) is 2. The highest BCUT2D eigenvalue weighted by atomic mass is 32.1. The van der Waals surface area contributed by atoms with Crippen LogP contribution in [0.2, 0.25) is 0 Å². The molecule has 4 nitrogen and oxygen atoms in total. The molecular formula is C15H25N3OS. The van der Waals surface area contributed by atoms with Crippen LogP contribution in [-0.4, -0.2) is 24.0 Å². The zero-order valence-corrected chi connectivity index (χ0v) is 13.5. The van der Waals surface area contributed by atoms with E-state index >= 15 is 0 Å². The van der Waals surface area contributed by atoms with Crippen molar-refractivity contribution < 1.29 is 4.79 Å². The molecule has 0 radical (unpaired) electrons. The van der Waals surface area contributed by atoms with Gasteiger partial charge in [-0.1, -0.05) is 20.3 Å². The second-order valence-electron chi connectivity index (χ2n) is 5.61. The van der Waals surface area contributed by atoms with Crippen LogP contribution >= 0.6 is 11.3 Å². The van der Waals surface area contributed by atoms with Crippen LogP contribution in [0.15, 0.2) is 0 Å². The molecule has 5 heteroatoms. The molecule has 1 amide bonds. The van der Waals surface area contributed by atoms with Crippen molar-refractivity contribution in [2.24, 2.45) is 5.41 Å². The van der Waals surface area contributed by atoms with Crippen molar-refractivity contribution in [1.82, 2.24) is 10.3 Å². The Morgan fingerprint density at radius 3 is 2.65 bits per heavy atom. The smallest absolute Gasteiger partial charge is 0.232 e. The molecule has 1 aromatic heterocycles. The van der Waals surface area contributed by atoms with Crippen LogP contribution < -0.4 is 10.6 Å². The van der Waals surface area contributed by atoms with Crippen molar-refractivity contribution in [3.8, 4) is 0 Å². The largest absolute Gasteiger partial charge is 0.317 e. The summed E-state index contributed by atoms with van der Waals surface area (Å²) in [7, 11) is 0. The maximum atomic E-state index is 12.7. The molecule has 2 rings (SSSR count). The number of rotatable bonds is 5. The number of carbonyl (C=O) groups excluding carboxylic acids is 1. The van der Waals surface area contributed by atoms with E-state index in [1.54, 1.807) is 11.3 Å². The summed E-state index contributed by atoms with van der Waals surface area (Å²) in [6.45, 7) is 8.19. The zero-order chi connectivity index (χ0) is 14.6. The van der Waals surface area contributed by atoms with E-state index in [9.17, 15) is 4.79 Å². The molecule has 2 heterocycles. The van der Waals surface area contributed by atoms with Crippen molar-refractivity contribution >= 4 is 22.4 Å². The summed E-state index contributed by atoms with van der Waals surface area (Å²) in [6.07, 6.45) is 4.79. The van der Waals surface area contributed by atoms with Gasteiger partial charge in [-0.25, -0.2) is 4.98 Å². The van der Waals surface area contributed by atoms with Crippen LogP contribution in [0.3, 0.4) is 0 Å². The van der Waals surface area contributed by atoms with Crippen molar-refractivity contribution in [3.05, 3.63) is 10.6 Å². The first-order chi connectivity index (χ1) is 9.61. The number of piperidine rings is 1. The number of aryl methyl sites for hydroxylation is 2. The Morgan fingerprint density at radius 1 is 1.40 bits per heavy atom. The van der Waals surface area contributed by atoms with E-state index in [1.807, 2.05) is 0 Å². The summed E-state index contributed by atoms with van der Waals surface area (Å²) < 4.78 is 0. The van der Waals surface area contributed by atoms with E-state index in [1.165, 1.54) is 4.88 Å². The standard InChI is InChI=1S/C15H25N3OS/c1-4-6-15(7-9-16-10-8-15)13(19)18-14-17-12(5-2)11(3)20-14/h16H,4-10H2,1-3H3,(H,17,18,19). The normalized spacial score (nSPS) is 17.9. The van der Waals surface area contributed by atoms with Crippen LogP contribution in [0.5, 0.6) is 0 Å². The quantitative estimate of drug-likeness (QED) is 0.877. The van der Waals surface area contributed by atoms with E-state index in [0.717, 1.165) is 56.0 Å². The zero-order valence-electron chi connectivity index (χ0n) is 12.7. The molecule has 1 aromatic rings. The lowest BCUT2D eigenvalue weighted by atomic mass is 9.74. The van der Waals surface area contributed by atoms with E-state index in [4.69, 9.17) is 0 Å². The third-order valence-corrected chi connectivity index (χ3v) is 5.15. The van der Waals surface area contributed by atoms with Gasteiger partial charge in [0.05, 0.1) is 11.1 Å². The van der Waals surface area contributed by atoms with Gasteiger partial charge >= 0.3 is 0 Å². The number of amides is 1. The molecule has 0 bridgehead atoms. The van der Waals surface area contributed by atoms with Gasteiger partial charge in [-0.05, 0) is 45.7 Å². The second kappa shape index (κ2) is 6.68. The number of nitrogens with one attached hydrogen (secondary N) is 2. The molecule has 0 saturated carbocycles. The molecular weight excluding hydrogens is 270 g/mol. The van der Waals surface area contributed by atoms with E-state index < -0.39 is 0 Å². The van der Waals surface area contributed by atoms with Gasteiger partial charge in [0, 0.05) is 4.88 Å². The monoisotopic (exact) mass is 295 g/mol. The lowest BCUT2D eigenvalue weighted by molar-refractivity contribution is -0.127. The van der Waals surface area contributed by atoms with Crippen molar-refractivity contribution in [2.75, 3.05) is 18.4 Å². The van der Waals surface area contributed by atoms with E-state index in [2.05, 4.69) is 36.4 Å². The van der Waals surface area contributed by atoms with Gasteiger partial charge in [-0.3, -0.25) is 4.79 Å². The summed E-state index contributed by atoms with van der Waals surface area (Å²) in [5.41, 5.74) is 0.895. The number of thiazole rings is 1. The third-order valence-electron chi connectivity index (χ3n) is 4.22. The average Bonchev–Trinajstić information content (AvgIpc) is 2.80. The summed E-state index contributed by atoms with van der Waals surface area (Å²) in [4.78, 5) is 18.4. The molecule has 0 unspecified atom stereocenters. The fraction of sp³-hybridized carbons (Fsp3) is 0.733. The summed E-state index contributed by atoms with van der Waals surface area (Å²) >= 11 is 1.59. The number of aromatic nitrogens is 1. The van der Waals surface area contributed by atoms with Gasteiger partial charge in [0.2, 0.25) is 5.91 Å². The highest BCUT2D eigenvalue weighted by Gasteiger charge is 2.38. The Labute approximate surface area is 125 Å². The average molecular weight is 295 g/mol. The summed E-state index contributed by atoms with van der Waals surface area (Å²) in [5.74, 6) is 0.164. The van der Waals surface area contributed by atoms with Gasteiger partial charge in [-0.15, -0.1) is 11.3 Å². The molecule has 1 aliphatic rings. The van der Waals surface area contributed by atoms with Crippen LogP contribution in [0.4, 0.5) is 5.13 Å². The SMILES string of the molecule is CCCC1(C(=O)Nc2nc(CC)c(C)s2)CCNCC1. The maximum absolute atomic E-state index is 12.7. The molecule has 20 heavy (non-hydrogen) atoms. The highest BCUT2D eigenvalue weighted by molar-refractivity contribution is 7.15. The molecule has 1 saturated heterocycles. The Balaban J connectivity index is 2.11. The lowest BCUT2D eigenvalue weighted by Crippen LogP contribution is -2.44. The summed E-state index contributed by atoms with van der Waals surface area (Å²) in [5, 5.41) is 7.18. The third kappa shape index (κ3) is 3.20. The van der Waals surface area contributed by atoms with Crippen molar-refractivity contribution in [1.29, 1.82) is 0 Å². The molecule has 112 valence electrons. The van der Waals surface area contributed by atoms with Gasteiger partial charge in [0.25, 0.3) is 0 Å². The molecule has 2 N–H and O–H groups in total. The minimum Gasteiger partial charge on any atom is -0.317 e. The van der Waals surface area contributed by atoms with Gasteiger partial charge < -0.3 is 10.6 Å². The van der Waals surface area contributed by atoms with Crippen LogP contribution in [-0.2, 0) is 11.2 Å². The molecule has 1 aliphatic heterocycles. The van der Waals surface area contributed by atoms with E-state index in [-0.39, 0.29) is 11.3 Å². The fourth-order valence-corrected chi connectivity index (χ4v) is 3.91. The molecule has 1 fully saturated rings. The molecule has 0 atom stereocenters. The minimum atomic E-state index is -0.202. The maximum Gasteiger partial charge on any atom is 0.232 e. The van der Waals surface area contributed by atoms with Crippen LogP contribution in [0.1, 0.15) is 50.1 Å². The fourth-order valence-electron chi connectivity index (χ4n) is 3.01. The first kappa shape index (κ1) is 15.4. The van der Waals surface area contributed by atoms with Gasteiger partial charge in [0.1, 0.15) is 0 Å². The number of nitrogens with zero attached hydrogens (tertiary/aromatic N) is 1. The van der Waals surface area contributed by atoms with E-state index in [0.29, 0.717) is 0 Å². The molecule has 0 aliphatic carbocycles. The van der Waals surface area contributed by atoms with Gasteiger partial charge in [0.15, 0.2) is 5.13 Å². The Kier molecular flexibility index (Phi) is 5.16. The number of anilines is 1. The van der Waals surface area contributed by atoms with Crippen molar-refractivity contribution in [2.45, 2.75) is 52.9 Å². The highest BCUT2D eigenvalue weighted by Crippen LogP contribution is 2.36. The summed E-state index contributed by atoms with van der Waals surface area (Å²) in [6, 6.07) is 0. The predicted octanol–water partition coefficient (Wildman–Crippen LogP) is 3.12. The van der Waals surface area contributed by atoms with Crippen LogP contribution in [0.25, 0.3) is 0 Å². The Bertz CT molecular complexity index is 458. The van der Waals surface area contributed by atoms with Gasteiger partial charge in [-0.2, -0.15) is 0 Å². The molecule has 0 spiro atoms. The number of carbonyl (C=O) groups is 1. The Hall–Kier alpha value is -0.940.